The monoisotopic (exact) mass is 353 g/mol. The Kier molecular flexibility index (Phi) is 5.56. The average molecular weight is 353 g/mol. The first-order chi connectivity index (χ1) is 12.5. The Bertz CT molecular complexity index is 749. The summed E-state index contributed by atoms with van der Waals surface area (Å²) in [4.78, 5) is 25.4. The van der Waals surface area contributed by atoms with Crippen molar-refractivity contribution >= 4 is 17.6 Å². The van der Waals surface area contributed by atoms with Gasteiger partial charge in [-0.3, -0.25) is 9.59 Å². The van der Waals surface area contributed by atoms with Crippen LogP contribution >= 0.6 is 0 Å². The van der Waals surface area contributed by atoms with Crippen molar-refractivity contribution < 1.29 is 19.4 Å². The number of hydrogen-bond acceptors (Lipinski definition) is 3. The van der Waals surface area contributed by atoms with Gasteiger partial charge in [0.05, 0.1) is 5.92 Å². The van der Waals surface area contributed by atoms with Gasteiger partial charge < -0.3 is 14.7 Å². The number of amides is 1. The summed E-state index contributed by atoms with van der Waals surface area (Å²) in [5.74, 6) is 0.362. The van der Waals surface area contributed by atoms with Crippen LogP contribution in [-0.2, 0) is 9.59 Å². The first-order valence-electron chi connectivity index (χ1n) is 8.88. The van der Waals surface area contributed by atoms with Gasteiger partial charge in [-0.25, -0.2) is 0 Å². The minimum atomic E-state index is -0.752. The first-order valence-corrected chi connectivity index (χ1v) is 8.88. The molecule has 1 N–H and O–H groups in total. The molecule has 1 aliphatic carbocycles. The molecule has 0 bridgehead atoms. The van der Waals surface area contributed by atoms with Crippen molar-refractivity contribution in [2.75, 3.05) is 11.9 Å². The second-order valence-electron chi connectivity index (χ2n) is 6.69. The zero-order chi connectivity index (χ0) is 18.5. The Morgan fingerprint density at radius 3 is 2.00 bits per heavy atom. The maximum atomic E-state index is 12.7. The van der Waals surface area contributed by atoms with Gasteiger partial charge in [0.1, 0.15) is 11.5 Å². The number of ether oxygens (including phenoxy) is 1. The number of carbonyl (C=O) groups excluding carboxylic acids is 1. The molecule has 3 rings (SSSR count). The molecule has 1 amide bonds. The van der Waals surface area contributed by atoms with Crippen molar-refractivity contribution in [2.45, 2.75) is 25.7 Å². The van der Waals surface area contributed by atoms with Crippen molar-refractivity contribution in [2.24, 2.45) is 11.8 Å². The number of carboxylic acids is 1. The van der Waals surface area contributed by atoms with E-state index < -0.39 is 5.97 Å². The highest BCUT2D eigenvalue weighted by Crippen LogP contribution is 2.31. The summed E-state index contributed by atoms with van der Waals surface area (Å²) in [5, 5.41) is 9.07. The molecule has 2 aromatic rings. The fraction of sp³-hybridized carbons (Fsp3) is 0.333. The van der Waals surface area contributed by atoms with Crippen LogP contribution in [0.3, 0.4) is 0 Å². The Hall–Kier alpha value is -2.82. The van der Waals surface area contributed by atoms with Crippen LogP contribution in [0.4, 0.5) is 5.69 Å². The molecule has 0 spiro atoms. The smallest absolute Gasteiger partial charge is 0.306 e. The SMILES string of the molecule is CN(C(=O)C1CCC(C(=O)O)CC1)c1ccc(Oc2ccccc2)cc1. The quantitative estimate of drug-likeness (QED) is 0.869. The minimum Gasteiger partial charge on any atom is -0.481 e. The molecular formula is C21H23NO4. The molecule has 0 heterocycles. The van der Waals surface area contributed by atoms with E-state index >= 15 is 0 Å². The van der Waals surface area contributed by atoms with E-state index in [9.17, 15) is 9.59 Å². The molecule has 2 aromatic carbocycles. The van der Waals surface area contributed by atoms with Crippen LogP contribution in [0.2, 0.25) is 0 Å². The largest absolute Gasteiger partial charge is 0.481 e. The summed E-state index contributed by atoms with van der Waals surface area (Å²) in [6.07, 6.45) is 2.41. The van der Waals surface area contributed by atoms with Crippen LogP contribution < -0.4 is 9.64 Å². The van der Waals surface area contributed by atoms with Crippen molar-refractivity contribution in [3.05, 3.63) is 54.6 Å². The van der Waals surface area contributed by atoms with Gasteiger partial charge in [0.25, 0.3) is 0 Å². The summed E-state index contributed by atoms with van der Waals surface area (Å²) in [6.45, 7) is 0. The standard InChI is InChI=1S/C21H23NO4/c1-22(20(23)15-7-9-16(10-8-15)21(24)25)17-11-13-19(14-12-17)26-18-5-3-2-4-6-18/h2-6,11-16H,7-10H2,1H3,(H,24,25). The molecule has 5 heteroatoms. The van der Waals surface area contributed by atoms with Gasteiger partial charge in [0.15, 0.2) is 0 Å². The predicted octanol–water partition coefficient (Wildman–Crippen LogP) is 4.33. The molecule has 1 saturated carbocycles. The summed E-state index contributed by atoms with van der Waals surface area (Å²) in [6, 6.07) is 16.9. The molecule has 0 saturated heterocycles. The molecule has 0 atom stereocenters. The number of aliphatic carboxylic acids is 1. The number of para-hydroxylation sites is 1. The molecule has 0 radical (unpaired) electrons. The number of anilines is 1. The number of nitrogens with zero attached hydrogens (tertiary/aromatic N) is 1. The number of benzene rings is 2. The van der Waals surface area contributed by atoms with Gasteiger partial charge in [0.2, 0.25) is 5.91 Å². The van der Waals surface area contributed by atoms with Crippen molar-refractivity contribution in [1.29, 1.82) is 0 Å². The Balaban J connectivity index is 1.60. The van der Waals surface area contributed by atoms with E-state index in [1.165, 1.54) is 0 Å². The number of hydrogen-bond donors (Lipinski definition) is 1. The minimum absolute atomic E-state index is 0.0468. The summed E-state index contributed by atoms with van der Waals surface area (Å²) in [5.41, 5.74) is 0.802. The summed E-state index contributed by atoms with van der Waals surface area (Å²) < 4.78 is 5.77. The Labute approximate surface area is 153 Å². The summed E-state index contributed by atoms with van der Waals surface area (Å²) >= 11 is 0. The predicted molar refractivity (Wildman–Crippen MR) is 99.5 cm³/mol. The van der Waals surface area contributed by atoms with E-state index in [-0.39, 0.29) is 17.7 Å². The van der Waals surface area contributed by atoms with Gasteiger partial charge in [-0.2, -0.15) is 0 Å². The van der Waals surface area contributed by atoms with Crippen molar-refractivity contribution in [3.63, 3.8) is 0 Å². The normalized spacial score (nSPS) is 19.6. The van der Waals surface area contributed by atoms with Gasteiger partial charge >= 0.3 is 5.97 Å². The second kappa shape index (κ2) is 8.04. The molecule has 26 heavy (non-hydrogen) atoms. The molecule has 1 fully saturated rings. The highest BCUT2D eigenvalue weighted by molar-refractivity contribution is 5.94. The zero-order valence-electron chi connectivity index (χ0n) is 14.8. The Morgan fingerprint density at radius 1 is 0.885 bits per heavy atom. The van der Waals surface area contributed by atoms with Gasteiger partial charge in [0, 0.05) is 18.7 Å². The van der Waals surface area contributed by atoms with E-state index in [1.807, 2.05) is 54.6 Å². The molecule has 0 aromatic heterocycles. The molecule has 5 nitrogen and oxygen atoms in total. The lowest BCUT2D eigenvalue weighted by molar-refractivity contribution is -0.143. The topological polar surface area (TPSA) is 66.8 Å². The molecule has 0 aliphatic heterocycles. The van der Waals surface area contributed by atoms with Crippen LogP contribution in [0.15, 0.2) is 54.6 Å². The average Bonchev–Trinajstić information content (AvgIpc) is 2.68. The summed E-state index contributed by atoms with van der Waals surface area (Å²) in [7, 11) is 1.76. The molecular weight excluding hydrogens is 330 g/mol. The molecule has 1 aliphatic rings. The number of rotatable bonds is 5. The van der Waals surface area contributed by atoms with Gasteiger partial charge in [-0.05, 0) is 62.1 Å². The van der Waals surface area contributed by atoms with Crippen LogP contribution in [0.25, 0.3) is 0 Å². The molecule has 0 unspecified atom stereocenters. The zero-order valence-corrected chi connectivity index (χ0v) is 14.8. The molecule has 136 valence electrons. The van der Waals surface area contributed by atoms with E-state index in [1.54, 1.807) is 11.9 Å². The second-order valence-corrected chi connectivity index (χ2v) is 6.69. The van der Waals surface area contributed by atoms with Crippen LogP contribution in [-0.4, -0.2) is 24.0 Å². The third kappa shape index (κ3) is 4.23. The van der Waals surface area contributed by atoms with E-state index in [4.69, 9.17) is 9.84 Å². The lowest BCUT2D eigenvalue weighted by atomic mass is 9.81. The number of carbonyl (C=O) groups is 2. The van der Waals surface area contributed by atoms with Crippen LogP contribution in [0.1, 0.15) is 25.7 Å². The third-order valence-electron chi connectivity index (χ3n) is 4.96. The lowest BCUT2D eigenvalue weighted by Crippen LogP contribution is -2.35. The van der Waals surface area contributed by atoms with Crippen LogP contribution in [0.5, 0.6) is 11.5 Å². The number of carboxylic acid groups (broad SMARTS) is 1. The maximum Gasteiger partial charge on any atom is 0.306 e. The first kappa shape index (κ1) is 18.0. The Morgan fingerprint density at radius 2 is 1.42 bits per heavy atom. The highest BCUT2D eigenvalue weighted by Gasteiger charge is 2.31. The van der Waals surface area contributed by atoms with E-state index in [2.05, 4.69) is 0 Å². The van der Waals surface area contributed by atoms with Crippen LogP contribution in [0, 0.1) is 11.8 Å². The third-order valence-corrected chi connectivity index (χ3v) is 4.96. The van der Waals surface area contributed by atoms with Crippen molar-refractivity contribution in [1.82, 2.24) is 0 Å². The van der Waals surface area contributed by atoms with E-state index in [0.717, 1.165) is 11.4 Å². The lowest BCUT2D eigenvalue weighted by Gasteiger charge is -2.29. The fourth-order valence-corrected chi connectivity index (χ4v) is 3.35. The van der Waals surface area contributed by atoms with Gasteiger partial charge in [-0.1, -0.05) is 18.2 Å². The maximum absolute atomic E-state index is 12.7. The van der Waals surface area contributed by atoms with Gasteiger partial charge in [-0.15, -0.1) is 0 Å². The fourth-order valence-electron chi connectivity index (χ4n) is 3.35. The van der Waals surface area contributed by atoms with E-state index in [0.29, 0.717) is 31.4 Å². The van der Waals surface area contributed by atoms with Crippen molar-refractivity contribution in [3.8, 4) is 11.5 Å². The highest BCUT2D eigenvalue weighted by atomic mass is 16.5.